The SMILES string of the molecule is NC(=O)CCC(=O)c1ccc(/C(F)=C/C(c2cc(Cl)c(Cl)c(Cl)c2)C(F)(F)F)cc1C(F)(F)F. The Balaban J connectivity index is 2.57. The highest BCUT2D eigenvalue weighted by Gasteiger charge is 2.41. The van der Waals surface area contributed by atoms with Crippen LogP contribution in [-0.2, 0) is 11.0 Å². The molecule has 0 spiro atoms. The van der Waals surface area contributed by atoms with Gasteiger partial charge in [-0.1, -0.05) is 46.9 Å². The van der Waals surface area contributed by atoms with Crippen LogP contribution in [0.5, 0.6) is 0 Å². The fourth-order valence-corrected chi connectivity index (χ4v) is 3.53. The number of allylic oxidation sites excluding steroid dienone is 1. The van der Waals surface area contributed by atoms with Crippen LogP contribution < -0.4 is 5.73 Å². The molecule has 1 unspecified atom stereocenters. The summed E-state index contributed by atoms with van der Waals surface area (Å²) in [6.45, 7) is 0. The van der Waals surface area contributed by atoms with Gasteiger partial charge in [-0.05, 0) is 29.8 Å². The topological polar surface area (TPSA) is 60.2 Å². The number of ketones is 1. The van der Waals surface area contributed by atoms with Gasteiger partial charge >= 0.3 is 12.4 Å². The van der Waals surface area contributed by atoms with Crippen LogP contribution in [0.15, 0.2) is 36.4 Å². The fraction of sp³-hybridized carbons (Fsp3) is 0.238. The highest BCUT2D eigenvalue weighted by Crippen LogP contribution is 2.42. The first-order valence-electron chi connectivity index (χ1n) is 9.14. The van der Waals surface area contributed by atoms with E-state index in [0.717, 1.165) is 12.1 Å². The molecular weight excluding hydrogens is 538 g/mol. The molecular formula is C21H13Cl3F7NO2. The van der Waals surface area contributed by atoms with Crippen LogP contribution in [0.4, 0.5) is 30.7 Å². The van der Waals surface area contributed by atoms with E-state index < -0.39 is 70.9 Å². The molecule has 0 aliphatic rings. The van der Waals surface area contributed by atoms with E-state index in [0.29, 0.717) is 12.1 Å². The third-order valence-corrected chi connectivity index (χ3v) is 5.73. The summed E-state index contributed by atoms with van der Waals surface area (Å²) >= 11 is 17.2. The molecule has 2 N–H and O–H groups in total. The molecule has 1 amide bonds. The number of Topliss-reactive ketones (excluding diaryl/α,β-unsaturated/α-hetero) is 1. The van der Waals surface area contributed by atoms with Crippen molar-refractivity contribution in [3.05, 3.63) is 73.7 Å². The molecule has 3 nitrogen and oxygen atoms in total. The molecule has 1 atom stereocenters. The zero-order valence-corrected chi connectivity index (χ0v) is 18.9. The van der Waals surface area contributed by atoms with Gasteiger partial charge in [-0.25, -0.2) is 4.39 Å². The molecule has 0 aliphatic heterocycles. The van der Waals surface area contributed by atoms with Gasteiger partial charge in [-0.2, -0.15) is 26.3 Å². The highest BCUT2D eigenvalue weighted by molar-refractivity contribution is 6.48. The smallest absolute Gasteiger partial charge is 0.370 e. The number of benzene rings is 2. The Morgan fingerprint density at radius 1 is 0.941 bits per heavy atom. The number of carbonyl (C=O) groups is 2. The van der Waals surface area contributed by atoms with Crippen LogP contribution in [0.1, 0.15) is 45.8 Å². The summed E-state index contributed by atoms with van der Waals surface area (Å²) in [6.07, 6.45) is -11.3. The fourth-order valence-electron chi connectivity index (χ4n) is 2.92. The van der Waals surface area contributed by atoms with Crippen molar-refractivity contribution >= 4 is 52.3 Å². The van der Waals surface area contributed by atoms with Crippen LogP contribution in [-0.4, -0.2) is 17.9 Å². The van der Waals surface area contributed by atoms with Crippen molar-refractivity contribution in [1.29, 1.82) is 0 Å². The van der Waals surface area contributed by atoms with Crippen molar-refractivity contribution < 1.29 is 40.3 Å². The van der Waals surface area contributed by atoms with Gasteiger partial charge in [0.15, 0.2) is 5.78 Å². The summed E-state index contributed by atoms with van der Waals surface area (Å²) in [4.78, 5) is 22.9. The Morgan fingerprint density at radius 3 is 1.97 bits per heavy atom. The molecule has 0 saturated carbocycles. The van der Waals surface area contributed by atoms with Gasteiger partial charge < -0.3 is 5.73 Å². The number of nitrogens with two attached hydrogens (primary N) is 1. The zero-order valence-electron chi connectivity index (χ0n) is 16.6. The maximum atomic E-state index is 14.8. The van der Waals surface area contributed by atoms with Crippen molar-refractivity contribution in [2.75, 3.05) is 0 Å². The number of halogens is 10. The van der Waals surface area contributed by atoms with Crippen LogP contribution in [0, 0.1) is 0 Å². The van der Waals surface area contributed by atoms with Gasteiger partial charge in [-0.3, -0.25) is 9.59 Å². The number of carbonyl (C=O) groups excluding carboxylic acids is 2. The summed E-state index contributed by atoms with van der Waals surface area (Å²) in [7, 11) is 0. The first kappa shape index (κ1) is 27.9. The maximum absolute atomic E-state index is 14.8. The van der Waals surface area contributed by atoms with Crippen molar-refractivity contribution in [1.82, 2.24) is 0 Å². The lowest BCUT2D eigenvalue weighted by atomic mass is 9.94. The van der Waals surface area contributed by atoms with E-state index in [9.17, 15) is 40.3 Å². The van der Waals surface area contributed by atoms with Crippen LogP contribution in [0.25, 0.3) is 5.83 Å². The molecule has 2 aromatic rings. The van der Waals surface area contributed by atoms with Gasteiger partial charge in [-0.15, -0.1) is 0 Å². The molecule has 0 heterocycles. The van der Waals surface area contributed by atoms with Crippen LogP contribution in [0.2, 0.25) is 15.1 Å². The van der Waals surface area contributed by atoms with Gasteiger partial charge in [0, 0.05) is 24.0 Å². The second-order valence-corrected chi connectivity index (χ2v) is 8.17. The minimum Gasteiger partial charge on any atom is -0.370 e. The Kier molecular flexibility index (Phi) is 8.66. The standard InChI is InChI=1S/C21H13Cl3F7NO2/c22-14-6-10(7-15(23)19(14)24)12(20(26,27)28)8-16(25)9-1-2-11(13(5-9)21(29,30)31)17(33)3-4-18(32)34/h1-2,5-8,12H,3-4H2,(H2,32,34)/b16-8-. The molecule has 13 heteroatoms. The van der Waals surface area contributed by atoms with E-state index in [1.54, 1.807) is 0 Å². The zero-order chi connectivity index (χ0) is 26.0. The largest absolute Gasteiger partial charge is 0.417 e. The monoisotopic (exact) mass is 549 g/mol. The first-order valence-corrected chi connectivity index (χ1v) is 10.3. The third-order valence-electron chi connectivity index (χ3n) is 4.53. The molecule has 34 heavy (non-hydrogen) atoms. The Hall–Kier alpha value is -2.30. The summed E-state index contributed by atoms with van der Waals surface area (Å²) in [6, 6.07) is 3.15. The Labute approximate surface area is 203 Å². The second-order valence-electron chi connectivity index (χ2n) is 6.98. The van der Waals surface area contributed by atoms with Gasteiger partial charge in [0.05, 0.1) is 20.6 Å². The minimum atomic E-state index is -5.14. The predicted molar refractivity (Wildman–Crippen MR) is 114 cm³/mol. The van der Waals surface area contributed by atoms with E-state index in [-0.39, 0.29) is 27.2 Å². The van der Waals surface area contributed by atoms with Crippen LogP contribution in [0.3, 0.4) is 0 Å². The molecule has 0 aromatic heterocycles. The van der Waals surface area contributed by atoms with Crippen molar-refractivity contribution in [3.8, 4) is 0 Å². The lowest BCUT2D eigenvalue weighted by molar-refractivity contribution is -0.140. The minimum absolute atomic E-state index is 0.0555. The number of hydrogen-bond donors (Lipinski definition) is 1. The Bertz CT molecular complexity index is 1120. The van der Waals surface area contributed by atoms with E-state index in [4.69, 9.17) is 40.5 Å². The lowest BCUT2D eigenvalue weighted by Gasteiger charge is -2.19. The van der Waals surface area contributed by atoms with Crippen molar-refractivity contribution in [3.63, 3.8) is 0 Å². The molecule has 0 aliphatic carbocycles. The van der Waals surface area contributed by atoms with E-state index in [1.807, 2.05) is 0 Å². The van der Waals surface area contributed by atoms with Crippen molar-refractivity contribution in [2.45, 2.75) is 31.1 Å². The normalized spacial score (nSPS) is 13.6. The second kappa shape index (κ2) is 10.5. The summed E-state index contributed by atoms with van der Waals surface area (Å²) < 4.78 is 96.2. The maximum Gasteiger partial charge on any atom is 0.417 e. The van der Waals surface area contributed by atoms with Gasteiger partial charge in [0.25, 0.3) is 0 Å². The van der Waals surface area contributed by atoms with E-state index in [2.05, 4.69) is 0 Å². The molecule has 0 radical (unpaired) electrons. The van der Waals surface area contributed by atoms with E-state index >= 15 is 0 Å². The Morgan fingerprint density at radius 2 is 1.50 bits per heavy atom. The predicted octanol–water partition coefficient (Wildman–Crippen LogP) is 7.77. The first-order chi connectivity index (χ1) is 15.5. The molecule has 2 rings (SSSR count). The average molecular weight is 551 g/mol. The quantitative estimate of drug-likeness (QED) is 0.217. The molecule has 0 bridgehead atoms. The van der Waals surface area contributed by atoms with Gasteiger partial charge in [0.2, 0.25) is 5.91 Å². The number of alkyl halides is 6. The van der Waals surface area contributed by atoms with Crippen LogP contribution >= 0.6 is 34.8 Å². The molecule has 0 fully saturated rings. The molecule has 2 aromatic carbocycles. The van der Waals surface area contributed by atoms with Gasteiger partial charge in [0.1, 0.15) is 11.7 Å². The average Bonchev–Trinajstić information content (AvgIpc) is 2.71. The molecule has 184 valence electrons. The third kappa shape index (κ3) is 6.86. The molecule has 0 saturated heterocycles. The summed E-state index contributed by atoms with van der Waals surface area (Å²) in [5.41, 5.74) is 0.954. The highest BCUT2D eigenvalue weighted by atomic mass is 35.5. The number of hydrogen-bond acceptors (Lipinski definition) is 2. The number of primary amides is 1. The summed E-state index contributed by atoms with van der Waals surface area (Å²) in [5.74, 6) is -6.30. The number of rotatable bonds is 7. The summed E-state index contributed by atoms with van der Waals surface area (Å²) in [5, 5.41) is -0.917. The van der Waals surface area contributed by atoms with E-state index in [1.165, 1.54) is 0 Å². The lowest BCUT2D eigenvalue weighted by Crippen LogP contribution is -2.19. The van der Waals surface area contributed by atoms with Crippen molar-refractivity contribution in [2.24, 2.45) is 5.73 Å². The number of amides is 1.